The summed E-state index contributed by atoms with van der Waals surface area (Å²) in [6.45, 7) is 8.07. The van der Waals surface area contributed by atoms with Crippen LogP contribution in [0, 0.1) is 20.8 Å². The lowest BCUT2D eigenvalue weighted by atomic mass is 10.0. The molecule has 2 heteroatoms. The molecule has 0 heterocycles. The van der Waals surface area contributed by atoms with Crippen molar-refractivity contribution >= 4 is 0 Å². The summed E-state index contributed by atoms with van der Waals surface area (Å²) in [7, 11) is 0. The molecule has 3 aromatic carbocycles. The summed E-state index contributed by atoms with van der Waals surface area (Å²) in [6.07, 6.45) is 17.3. The Morgan fingerprint density at radius 3 is 1.50 bits per heavy atom. The second kappa shape index (κ2) is 20.8. The molecule has 218 valence electrons. The van der Waals surface area contributed by atoms with Crippen LogP contribution in [-0.2, 0) is 6.42 Å². The topological polar surface area (TPSA) is 34.1 Å². The molecule has 0 aromatic heterocycles. The van der Waals surface area contributed by atoms with Crippen LogP contribution in [0.4, 0.5) is 0 Å². The molecule has 0 saturated carbocycles. The predicted molar refractivity (Wildman–Crippen MR) is 177 cm³/mol. The molecule has 3 rings (SSSR count). The molecule has 0 N–H and O–H groups in total. The average molecular weight is 543 g/mol. The molecule has 40 heavy (non-hydrogen) atoms. The van der Waals surface area contributed by atoms with Gasteiger partial charge in [0.05, 0.1) is 0 Å². The minimum Gasteiger partial charge on any atom is -0.289 e. The average Bonchev–Trinajstić information content (AvgIpc) is 3.20. The summed E-state index contributed by atoms with van der Waals surface area (Å²) in [4.78, 5) is 24.2. The van der Waals surface area contributed by atoms with Crippen molar-refractivity contribution in [2.24, 2.45) is 0 Å². The van der Waals surface area contributed by atoms with Gasteiger partial charge in [0.2, 0.25) is 0 Å². The van der Waals surface area contributed by atoms with Gasteiger partial charge >= 0.3 is 0 Å². The monoisotopic (exact) mass is 542 g/mol. The minimum atomic E-state index is 0. The highest BCUT2D eigenvalue weighted by Crippen LogP contribution is 2.16. The Bertz CT molecular complexity index is 1210. The van der Waals surface area contributed by atoms with E-state index in [1.54, 1.807) is 0 Å². The molecule has 0 spiro atoms. The van der Waals surface area contributed by atoms with E-state index in [1.807, 2.05) is 93.6 Å². The third-order valence-corrected chi connectivity index (χ3v) is 7.39. The zero-order valence-electron chi connectivity index (χ0n) is 24.9. The van der Waals surface area contributed by atoms with Crippen molar-refractivity contribution in [2.75, 3.05) is 0 Å². The number of benzene rings is 1. The highest BCUT2D eigenvalue weighted by molar-refractivity contribution is 5.63. The molecule has 0 bridgehead atoms. The van der Waals surface area contributed by atoms with E-state index in [0.717, 1.165) is 40.7 Å². The lowest BCUT2D eigenvalue weighted by molar-refractivity contribution is 0.544. The maximum Gasteiger partial charge on any atom is 0.189 e. The number of hydrogen-bond donors (Lipinski definition) is 0. The zero-order chi connectivity index (χ0) is 28.3. The van der Waals surface area contributed by atoms with Crippen molar-refractivity contribution in [3.05, 3.63) is 115 Å². The third-order valence-electron chi connectivity index (χ3n) is 7.39. The molecule has 0 radical (unpaired) electrons. The molecule has 0 unspecified atom stereocenters. The van der Waals surface area contributed by atoms with Gasteiger partial charge in [0.25, 0.3) is 0 Å². The fraction of sp³-hybridized carbons (Fsp3) is 0.474. The summed E-state index contributed by atoms with van der Waals surface area (Å²) >= 11 is 0. The molecule has 0 aliphatic carbocycles. The van der Waals surface area contributed by atoms with Gasteiger partial charge in [-0.15, -0.1) is 0 Å². The smallest absolute Gasteiger partial charge is 0.189 e. The van der Waals surface area contributed by atoms with Crippen molar-refractivity contribution in [2.45, 2.75) is 119 Å². The number of unbranched alkanes of at least 4 members (excludes halogenated alkanes) is 11. The van der Waals surface area contributed by atoms with Crippen LogP contribution in [0.1, 0.15) is 114 Å². The highest BCUT2D eigenvalue weighted by Gasteiger charge is 2.03. The zero-order valence-corrected chi connectivity index (χ0v) is 24.9. The molecular formula is C38H54O2. The maximum atomic E-state index is 12.1. The van der Waals surface area contributed by atoms with E-state index in [9.17, 15) is 9.59 Å². The van der Waals surface area contributed by atoms with Gasteiger partial charge in [-0.3, -0.25) is 9.59 Å². The first-order valence-electron chi connectivity index (χ1n) is 15.2. The summed E-state index contributed by atoms with van der Waals surface area (Å²) in [6, 6.07) is 23.4. The second-order valence-corrected chi connectivity index (χ2v) is 10.9. The minimum absolute atomic E-state index is 0. The predicted octanol–water partition coefficient (Wildman–Crippen LogP) is 10.6. The number of hydrogen-bond acceptors (Lipinski definition) is 2. The van der Waals surface area contributed by atoms with E-state index in [0.29, 0.717) is 0 Å². The summed E-state index contributed by atoms with van der Waals surface area (Å²) in [5.74, 6) is 0. The molecule has 0 aliphatic heterocycles. The van der Waals surface area contributed by atoms with Gasteiger partial charge in [0.1, 0.15) is 0 Å². The summed E-state index contributed by atoms with van der Waals surface area (Å²) in [5.41, 5.74) is 5.92. The molecule has 0 saturated heterocycles. The maximum absolute atomic E-state index is 12.1. The number of rotatable bonds is 14. The van der Waals surface area contributed by atoms with Gasteiger partial charge in [-0.2, -0.15) is 0 Å². The molecule has 0 fully saturated rings. The Morgan fingerprint density at radius 1 is 0.500 bits per heavy atom. The Hall–Kier alpha value is -3.00. The van der Waals surface area contributed by atoms with Crippen LogP contribution in [0.15, 0.2) is 82.4 Å². The summed E-state index contributed by atoms with van der Waals surface area (Å²) in [5, 5.41) is 0. The van der Waals surface area contributed by atoms with E-state index in [-0.39, 0.29) is 18.3 Å². The first kappa shape index (κ1) is 35.0. The van der Waals surface area contributed by atoms with Gasteiger partial charge in [-0.25, -0.2) is 0 Å². The molecule has 0 aliphatic rings. The molecular weight excluding hydrogens is 488 g/mol. The lowest BCUT2D eigenvalue weighted by Gasteiger charge is -2.03. The summed E-state index contributed by atoms with van der Waals surface area (Å²) < 4.78 is 0. The third kappa shape index (κ3) is 13.4. The van der Waals surface area contributed by atoms with Crippen molar-refractivity contribution < 1.29 is 0 Å². The van der Waals surface area contributed by atoms with Gasteiger partial charge in [0.15, 0.2) is 10.9 Å². The largest absolute Gasteiger partial charge is 0.289 e. The van der Waals surface area contributed by atoms with E-state index < -0.39 is 0 Å². The van der Waals surface area contributed by atoms with E-state index in [2.05, 4.69) is 6.92 Å². The van der Waals surface area contributed by atoms with Crippen LogP contribution in [0.3, 0.4) is 0 Å². The van der Waals surface area contributed by atoms with Crippen molar-refractivity contribution in [3.8, 4) is 11.1 Å². The van der Waals surface area contributed by atoms with Crippen LogP contribution < -0.4 is 10.9 Å². The van der Waals surface area contributed by atoms with Crippen molar-refractivity contribution in [3.63, 3.8) is 0 Å². The highest BCUT2D eigenvalue weighted by atomic mass is 16.1. The quantitative estimate of drug-likeness (QED) is 0.190. The van der Waals surface area contributed by atoms with Gasteiger partial charge < -0.3 is 0 Å². The molecule has 0 atom stereocenters. The Labute approximate surface area is 244 Å². The van der Waals surface area contributed by atoms with E-state index in [4.69, 9.17) is 0 Å². The van der Waals surface area contributed by atoms with E-state index >= 15 is 0 Å². The molecule has 2 nitrogen and oxygen atoms in total. The Morgan fingerprint density at radius 2 is 0.950 bits per heavy atom. The Kier molecular flexibility index (Phi) is 18.3. The normalized spacial score (nSPS) is 10.3. The molecule has 3 aromatic rings. The van der Waals surface area contributed by atoms with Gasteiger partial charge in [0, 0.05) is 5.56 Å². The van der Waals surface area contributed by atoms with E-state index in [1.165, 1.54) is 76.2 Å². The first-order valence-corrected chi connectivity index (χ1v) is 15.2. The fourth-order valence-electron chi connectivity index (χ4n) is 4.81. The SMILES string of the molecule is C.CCCCCCCCCCCCCCc1ccccc(C)c1=O.Cc1ccc(-c2ccccc(C)c2=O)cc1. The fourth-order valence-corrected chi connectivity index (χ4v) is 4.81. The van der Waals surface area contributed by atoms with Crippen molar-refractivity contribution in [1.82, 2.24) is 0 Å². The second-order valence-electron chi connectivity index (χ2n) is 10.9. The van der Waals surface area contributed by atoms with Crippen molar-refractivity contribution in [1.29, 1.82) is 0 Å². The standard InChI is InChI=1S/C22H36O.C15H14O.CH4/c1-3-4-5-6-7-8-9-10-11-12-13-14-18-21-19-16-15-17-20(2)22(21)23;1-11-7-9-13(10-8-11)14-6-4-3-5-12(2)15(14)16;/h15-17,19H,3-14,18H2,1-2H3;3-10H,1-2H3;1H4. The van der Waals surface area contributed by atoms with Gasteiger partial charge in [-0.05, 0) is 55.9 Å². The van der Waals surface area contributed by atoms with Crippen LogP contribution in [-0.4, -0.2) is 0 Å². The van der Waals surface area contributed by atoms with Crippen LogP contribution >= 0.6 is 0 Å². The van der Waals surface area contributed by atoms with Crippen LogP contribution in [0.2, 0.25) is 0 Å². The lowest BCUT2D eigenvalue weighted by Crippen LogP contribution is -2.08. The Balaban J connectivity index is 0.000000412. The van der Waals surface area contributed by atoms with Crippen LogP contribution in [0.25, 0.3) is 11.1 Å². The van der Waals surface area contributed by atoms with Gasteiger partial charge in [-0.1, -0.05) is 163 Å². The molecule has 0 amide bonds. The first-order chi connectivity index (χ1) is 18.9. The van der Waals surface area contributed by atoms with Crippen LogP contribution in [0.5, 0.6) is 0 Å². The number of aryl methyl sites for hydroxylation is 4.